The highest BCUT2D eigenvalue weighted by Gasteiger charge is 2.29. The molecule has 30 heavy (non-hydrogen) atoms. The molecule has 8 heteroatoms. The van der Waals surface area contributed by atoms with Crippen LogP contribution in [0.3, 0.4) is 0 Å². The second-order valence-electron chi connectivity index (χ2n) is 6.56. The first-order valence-corrected chi connectivity index (χ1v) is 10.9. The maximum atomic E-state index is 12.6. The van der Waals surface area contributed by atoms with Crippen LogP contribution in [-0.4, -0.2) is 23.7 Å². The Morgan fingerprint density at radius 3 is 1.73 bits per heavy atom. The van der Waals surface area contributed by atoms with Gasteiger partial charge in [0.25, 0.3) is 0 Å². The highest BCUT2D eigenvalue weighted by atomic mass is 79.9. The van der Waals surface area contributed by atoms with Crippen molar-refractivity contribution in [3.05, 3.63) is 80.0 Å². The Bertz CT molecular complexity index is 1010. The summed E-state index contributed by atoms with van der Waals surface area (Å²) in [4.78, 5) is 24.6. The largest absolute Gasteiger partial charge is 0.478 e. The lowest BCUT2D eigenvalue weighted by molar-refractivity contribution is -0.139. The zero-order chi connectivity index (χ0) is 21.7. The first-order valence-electron chi connectivity index (χ1n) is 9.27. The number of carbonyl (C=O) groups excluding carboxylic acids is 1. The molecule has 0 saturated carbocycles. The fourth-order valence-electron chi connectivity index (χ4n) is 3.05. The second kappa shape index (κ2) is 9.95. The number of nitrogens with one attached hydrogen (secondary N) is 2. The van der Waals surface area contributed by atoms with Crippen LogP contribution in [0, 0.1) is 0 Å². The number of ether oxygens (including phenoxy) is 1. The van der Waals surface area contributed by atoms with Crippen LogP contribution in [0.2, 0.25) is 0 Å². The SMILES string of the molecule is CCOC(=O)C1=C(Nc2ccc(Br)cc2)CC(C(=O)O)=C(Nc2ccc(Br)cc2)C1. The van der Waals surface area contributed by atoms with Crippen LogP contribution in [0.1, 0.15) is 19.8 Å². The Balaban J connectivity index is 1.94. The standard InChI is InChI=1S/C22H20Br2N2O4/c1-2-30-22(29)18-12-19(25-15-7-3-13(23)4-8-15)17(21(27)28)11-20(18)26-16-9-5-14(24)6-10-16/h3-10,25-26H,2,11-12H2,1H3,(H,27,28). The number of carbonyl (C=O) groups is 2. The topological polar surface area (TPSA) is 87.7 Å². The molecule has 0 spiro atoms. The van der Waals surface area contributed by atoms with Crippen molar-refractivity contribution in [1.29, 1.82) is 0 Å². The molecule has 0 radical (unpaired) electrons. The average Bonchev–Trinajstić information content (AvgIpc) is 2.72. The maximum Gasteiger partial charge on any atom is 0.336 e. The van der Waals surface area contributed by atoms with E-state index < -0.39 is 11.9 Å². The highest BCUT2D eigenvalue weighted by molar-refractivity contribution is 9.10. The minimum Gasteiger partial charge on any atom is -0.478 e. The number of anilines is 2. The number of hydrogen-bond acceptors (Lipinski definition) is 5. The molecule has 0 saturated heterocycles. The summed E-state index contributed by atoms with van der Waals surface area (Å²) in [6.07, 6.45) is 0.188. The molecular weight excluding hydrogens is 516 g/mol. The number of esters is 1. The van der Waals surface area contributed by atoms with E-state index in [-0.39, 0.29) is 25.0 Å². The fraction of sp³-hybridized carbons (Fsp3) is 0.182. The number of halogens is 2. The molecular formula is C22H20Br2N2O4. The molecule has 6 nitrogen and oxygen atoms in total. The number of carboxylic acid groups (broad SMARTS) is 1. The van der Waals surface area contributed by atoms with E-state index in [9.17, 15) is 14.7 Å². The molecule has 0 aliphatic heterocycles. The summed E-state index contributed by atoms with van der Waals surface area (Å²) in [5.74, 6) is -1.50. The third kappa shape index (κ3) is 5.52. The van der Waals surface area contributed by atoms with Crippen molar-refractivity contribution >= 4 is 55.2 Å². The molecule has 1 aliphatic rings. The molecule has 0 heterocycles. The molecule has 3 rings (SSSR count). The maximum absolute atomic E-state index is 12.6. The van der Waals surface area contributed by atoms with Gasteiger partial charge in [-0.1, -0.05) is 31.9 Å². The van der Waals surface area contributed by atoms with Crippen LogP contribution >= 0.6 is 31.9 Å². The summed E-state index contributed by atoms with van der Waals surface area (Å²) >= 11 is 6.77. The van der Waals surface area contributed by atoms with Crippen LogP contribution in [0.25, 0.3) is 0 Å². The summed E-state index contributed by atoms with van der Waals surface area (Å²) in [7, 11) is 0. The third-order valence-corrected chi connectivity index (χ3v) is 5.55. The molecule has 2 aromatic rings. The zero-order valence-corrected chi connectivity index (χ0v) is 19.3. The molecule has 0 unspecified atom stereocenters. The fourth-order valence-corrected chi connectivity index (χ4v) is 3.58. The molecule has 0 aromatic heterocycles. The monoisotopic (exact) mass is 534 g/mol. The number of aliphatic carboxylic acids is 1. The van der Waals surface area contributed by atoms with E-state index in [4.69, 9.17) is 4.74 Å². The van der Waals surface area contributed by atoms with Gasteiger partial charge in [-0.2, -0.15) is 0 Å². The number of rotatable bonds is 7. The number of carboxylic acids is 1. The lowest BCUT2D eigenvalue weighted by atomic mass is 9.92. The second-order valence-corrected chi connectivity index (χ2v) is 8.39. The van der Waals surface area contributed by atoms with Gasteiger partial charge in [0.2, 0.25) is 0 Å². The van der Waals surface area contributed by atoms with Gasteiger partial charge in [-0.05, 0) is 55.5 Å². The molecule has 0 bridgehead atoms. The molecule has 3 N–H and O–H groups in total. The van der Waals surface area contributed by atoms with E-state index in [0.717, 1.165) is 20.3 Å². The van der Waals surface area contributed by atoms with E-state index in [2.05, 4.69) is 42.5 Å². The molecule has 0 atom stereocenters. The van der Waals surface area contributed by atoms with Crippen LogP contribution in [0.15, 0.2) is 80.0 Å². The molecule has 2 aromatic carbocycles. The van der Waals surface area contributed by atoms with Gasteiger partial charge < -0.3 is 20.5 Å². The summed E-state index contributed by atoms with van der Waals surface area (Å²) in [6.45, 7) is 1.97. The molecule has 156 valence electrons. The number of benzene rings is 2. The van der Waals surface area contributed by atoms with E-state index in [0.29, 0.717) is 17.0 Å². The van der Waals surface area contributed by atoms with Crippen molar-refractivity contribution in [3.8, 4) is 0 Å². The van der Waals surface area contributed by atoms with Crippen LogP contribution in [0.5, 0.6) is 0 Å². The predicted octanol–water partition coefficient (Wildman–Crippen LogP) is 5.69. The number of allylic oxidation sites excluding steroid dienone is 2. The van der Waals surface area contributed by atoms with E-state index >= 15 is 0 Å². The van der Waals surface area contributed by atoms with Crippen molar-refractivity contribution in [2.45, 2.75) is 19.8 Å². The van der Waals surface area contributed by atoms with Gasteiger partial charge in [-0.3, -0.25) is 0 Å². The van der Waals surface area contributed by atoms with Gasteiger partial charge in [0, 0.05) is 44.6 Å². The zero-order valence-electron chi connectivity index (χ0n) is 16.2. The first-order chi connectivity index (χ1) is 14.4. The van der Waals surface area contributed by atoms with E-state index in [1.165, 1.54) is 0 Å². The highest BCUT2D eigenvalue weighted by Crippen LogP contribution is 2.33. The van der Waals surface area contributed by atoms with Crippen molar-refractivity contribution < 1.29 is 19.4 Å². The van der Waals surface area contributed by atoms with Gasteiger partial charge >= 0.3 is 11.9 Å². The summed E-state index contributed by atoms with van der Waals surface area (Å²) < 4.78 is 7.06. The normalized spacial score (nSPS) is 13.8. The van der Waals surface area contributed by atoms with Crippen molar-refractivity contribution in [1.82, 2.24) is 0 Å². The minimum absolute atomic E-state index is 0.0679. The Hall–Kier alpha value is -2.58. The van der Waals surface area contributed by atoms with Crippen LogP contribution < -0.4 is 10.6 Å². The van der Waals surface area contributed by atoms with Crippen LogP contribution in [-0.2, 0) is 14.3 Å². The minimum atomic E-state index is -1.03. The van der Waals surface area contributed by atoms with E-state index in [1.807, 2.05) is 48.5 Å². The van der Waals surface area contributed by atoms with Gasteiger partial charge in [-0.15, -0.1) is 0 Å². The molecule has 0 amide bonds. The molecule has 1 aliphatic carbocycles. The smallest absolute Gasteiger partial charge is 0.336 e. The number of hydrogen-bond donors (Lipinski definition) is 3. The molecule has 0 fully saturated rings. The Morgan fingerprint density at radius 2 is 1.30 bits per heavy atom. The quantitative estimate of drug-likeness (QED) is 0.395. The van der Waals surface area contributed by atoms with Gasteiger partial charge in [0.15, 0.2) is 0 Å². The Morgan fingerprint density at radius 1 is 0.867 bits per heavy atom. The van der Waals surface area contributed by atoms with E-state index in [1.54, 1.807) is 6.92 Å². The van der Waals surface area contributed by atoms with Gasteiger partial charge in [0.05, 0.1) is 17.8 Å². The van der Waals surface area contributed by atoms with Gasteiger partial charge in [-0.25, -0.2) is 9.59 Å². The van der Waals surface area contributed by atoms with Crippen LogP contribution in [0.4, 0.5) is 11.4 Å². The third-order valence-electron chi connectivity index (χ3n) is 4.49. The average molecular weight is 536 g/mol. The van der Waals surface area contributed by atoms with Crippen molar-refractivity contribution in [2.75, 3.05) is 17.2 Å². The predicted molar refractivity (Wildman–Crippen MR) is 123 cm³/mol. The summed E-state index contributed by atoms with van der Waals surface area (Å²) in [5.41, 5.74) is 3.09. The summed E-state index contributed by atoms with van der Waals surface area (Å²) in [5, 5.41) is 16.2. The lowest BCUT2D eigenvalue weighted by Gasteiger charge is -2.25. The van der Waals surface area contributed by atoms with Crippen molar-refractivity contribution in [3.63, 3.8) is 0 Å². The first kappa shape index (κ1) is 22.1. The Labute approximate surface area is 191 Å². The lowest BCUT2D eigenvalue weighted by Crippen LogP contribution is -2.24. The van der Waals surface area contributed by atoms with Crippen molar-refractivity contribution in [2.24, 2.45) is 0 Å². The Kier molecular flexibility index (Phi) is 7.33. The van der Waals surface area contributed by atoms with Gasteiger partial charge in [0.1, 0.15) is 0 Å². The summed E-state index contributed by atoms with van der Waals surface area (Å²) in [6, 6.07) is 14.8.